The summed E-state index contributed by atoms with van der Waals surface area (Å²) in [5.41, 5.74) is 4.84. The maximum Gasteiger partial charge on any atom is 0.153 e. The van der Waals surface area contributed by atoms with Crippen LogP contribution in [0.1, 0.15) is 28.4 Å². The van der Waals surface area contributed by atoms with E-state index in [0.717, 1.165) is 30.3 Å². The summed E-state index contributed by atoms with van der Waals surface area (Å²) in [5.74, 6) is 0. The van der Waals surface area contributed by atoms with Crippen LogP contribution in [0.3, 0.4) is 0 Å². The number of benzene rings is 2. The van der Waals surface area contributed by atoms with Crippen molar-refractivity contribution in [2.45, 2.75) is 25.6 Å². The van der Waals surface area contributed by atoms with E-state index in [0.29, 0.717) is 6.61 Å². The molecule has 0 aliphatic carbocycles. The molecule has 96 valence electrons. The number of hydrogen-bond acceptors (Lipinski definition) is 2. The molecule has 2 aromatic carbocycles. The molecule has 0 N–H and O–H groups in total. The Bertz CT molecular complexity index is 575. The molecule has 0 bridgehead atoms. The van der Waals surface area contributed by atoms with Crippen molar-refractivity contribution in [2.24, 2.45) is 0 Å². The van der Waals surface area contributed by atoms with Crippen LogP contribution in [-0.4, -0.2) is 6.29 Å². The molecule has 1 heterocycles. The quantitative estimate of drug-likeness (QED) is 0.781. The highest BCUT2D eigenvalue weighted by Crippen LogP contribution is 2.29. The standard InChI is InChI=1S/C17H16O2/c18-11-17-16-9-8-14(10-15(16)12-19-17)7-6-13-4-2-1-3-5-13/h1-5,8-11,17H,6-7,12H2. The van der Waals surface area contributed by atoms with Gasteiger partial charge in [0.15, 0.2) is 6.29 Å². The van der Waals surface area contributed by atoms with Crippen LogP contribution in [0.2, 0.25) is 0 Å². The second-order valence-corrected chi connectivity index (χ2v) is 4.89. The molecular formula is C17H16O2. The molecule has 0 fully saturated rings. The van der Waals surface area contributed by atoms with Crippen molar-refractivity contribution in [3.8, 4) is 0 Å². The van der Waals surface area contributed by atoms with Crippen LogP contribution < -0.4 is 0 Å². The third-order valence-corrected chi connectivity index (χ3v) is 3.60. The average molecular weight is 252 g/mol. The Morgan fingerprint density at radius 1 is 1.05 bits per heavy atom. The third-order valence-electron chi connectivity index (χ3n) is 3.60. The lowest BCUT2D eigenvalue weighted by Crippen LogP contribution is -1.97. The summed E-state index contributed by atoms with van der Waals surface area (Å²) in [6.07, 6.45) is 2.56. The molecule has 19 heavy (non-hydrogen) atoms. The second-order valence-electron chi connectivity index (χ2n) is 4.89. The van der Waals surface area contributed by atoms with Gasteiger partial charge in [0.25, 0.3) is 0 Å². The zero-order valence-corrected chi connectivity index (χ0v) is 10.7. The minimum Gasteiger partial charge on any atom is -0.361 e. The number of hydrogen-bond donors (Lipinski definition) is 0. The van der Waals surface area contributed by atoms with Crippen LogP contribution >= 0.6 is 0 Å². The van der Waals surface area contributed by atoms with Gasteiger partial charge in [-0.1, -0.05) is 48.5 Å². The van der Waals surface area contributed by atoms with E-state index in [9.17, 15) is 4.79 Å². The van der Waals surface area contributed by atoms with Gasteiger partial charge in [-0.25, -0.2) is 0 Å². The predicted octanol–water partition coefficient (Wildman–Crippen LogP) is 3.24. The number of fused-ring (bicyclic) bond motifs is 1. The van der Waals surface area contributed by atoms with E-state index in [4.69, 9.17) is 4.74 Å². The monoisotopic (exact) mass is 252 g/mol. The molecule has 1 aliphatic heterocycles. The molecule has 0 saturated carbocycles. The summed E-state index contributed by atoms with van der Waals surface area (Å²) < 4.78 is 5.42. The fraction of sp³-hybridized carbons (Fsp3) is 0.235. The van der Waals surface area contributed by atoms with Gasteiger partial charge in [-0.2, -0.15) is 0 Å². The zero-order chi connectivity index (χ0) is 13.1. The predicted molar refractivity (Wildman–Crippen MR) is 73.9 cm³/mol. The molecule has 0 saturated heterocycles. The van der Waals surface area contributed by atoms with Gasteiger partial charge in [-0.15, -0.1) is 0 Å². The van der Waals surface area contributed by atoms with E-state index >= 15 is 0 Å². The molecule has 3 rings (SSSR count). The maximum atomic E-state index is 10.8. The summed E-state index contributed by atoms with van der Waals surface area (Å²) in [4.78, 5) is 10.8. The van der Waals surface area contributed by atoms with E-state index in [-0.39, 0.29) is 6.10 Å². The molecule has 2 aromatic rings. The van der Waals surface area contributed by atoms with E-state index in [1.807, 2.05) is 12.1 Å². The van der Waals surface area contributed by atoms with Gasteiger partial charge in [0.05, 0.1) is 6.61 Å². The summed E-state index contributed by atoms with van der Waals surface area (Å²) in [6, 6.07) is 16.8. The van der Waals surface area contributed by atoms with Crippen LogP contribution in [0.4, 0.5) is 0 Å². The number of carbonyl (C=O) groups is 1. The molecule has 0 radical (unpaired) electrons. The third kappa shape index (κ3) is 2.59. The van der Waals surface area contributed by atoms with Crippen LogP contribution in [0.5, 0.6) is 0 Å². The Labute approximate surface area is 113 Å². The summed E-state index contributed by atoms with van der Waals surface area (Å²) in [7, 11) is 0. The summed E-state index contributed by atoms with van der Waals surface area (Å²) >= 11 is 0. The smallest absolute Gasteiger partial charge is 0.153 e. The van der Waals surface area contributed by atoms with Gasteiger partial charge in [0.2, 0.25) is 0 Å². The first-order valence-electron chi connectivity index (χ1n) is 6.59. The maximum absolute atomic E-state index is 10.8. The van der Waals surface area contributed by atoms with Gasteiger partial charge in [0, 0.05) is 0 Å². The van der Waals surface area contributed by atoms with Crippen molar-refractivity contribution in [2.75, 3.05) is 0 Å². The van der Waals surface area contributed by atoms with Crippen LogP contribution in [0, 0.1) is 0 Å². The molecule has 1 atom stereocenters. The lowest BCUT2D eigenvalue weighted by molar-refractivity contribution is -0.117. The summed E-state index contributed by atoms with van der Waals surface area (Å²) in [6.45, 7) is 0.553. The number of ether oxygens (including phenoxy) is 1. The lowest BCUT2D eigenvalue weighted by Gasteiger charge is -2.05. The first kappa shape index (κ1) is 12.1. The molecule has 2 heteroatoms. The average Bonchev–Trinajstić information content (AvgIpc) is 2.88. The van der Waals surface area contributed by atoms with E-state index in [2.05, 4.69) is 36.4 Å². The molecule has 1 aliphatic rings. The first-order valence-corrected chi connectivity index (χ1v) is 6.59. The highest BCUT2D eigenvalue weighted by molar-refractivity contribution is 5.62. The van der Waals surface area contributed by atoms with Crippen LogP contribution in [-0.2, 0) is 29.0 Å². The van der Waals surface area contributed by atoms with Crippen molar-refractivity contribution >= 4 is 6.29 Å². The van der Waals surface area contributed by atoms with Gasteiger partial charge in [-0.05, 0) is 35.1 Å². The van der Waals surface area contributed by atoms with Crippen LogP contribution in [0.15, 0.2) is 48.5 Å². The number of rotatable bonds is 4. The SMILES string of the molecule is O=CC1OCc2cc(CCc3ccccc3)ccc21. The Kier molecular flexibility index (Phi) is 3.43. The zero-order valence-electron chi connectivity index (χ0n) is 10.7. The normalized spacial score (nSPS) is 17.2. The molecule has 1 unspecified atom stereocenters. The van der Waals surface area contributed by atoms with Gasteiger partial charge in [-0.3, -0.25) is 0 Å². The van der Waals surface area contributed by atoms with Crippen LogP contribution in [0.25, 0.3) is 0 Å². The number of carbonyl (C=O) groups excluding carboxylic acids is 1. The Balaban J connectivity index is 1.72. The lowest BCUT2D eigenvalue weighted by atomic mass is 9.99. The van der Waals surface area contributed by atoms with Crippen molar-refractivity contribution < 1.29 is 9.53 Å². The molecule has 2 nitrogen and oxygen atoms in total. The van der Waals surface area contributed by atoms with Gasteiger partial charge >= 0.3 is 0 Å². The molecular weight excluding hydrogens is 236 g/mol. The van der Waals surface area contributed by atoms with Crippen molar-refractivity contribution in [1.29, 1.82) is 0 Å². The highest BCUT2D eigenvalue weighted by Gasteiger charge is 2.22. The molecule has 0 spiro atoms. The van der Waals surface area contributed by atoms with Crippen molar-refractivity contribution in [3.63, 3.8) is 0 Å². The van der Waals surface area contributed by atoms with Gasteiger partial charge < -0.3 is 9.53 Å². The fourth-order valence-corrected chi connectivity index (χ4v) is 2.53. The molecule has 0 amide bonds. The highest BCUT2D eigenvalue weighted by atomic mass is 16.5. The summed E-state index contributed by atoms with van der Waals surface area (Å²) in [5, 5.41) is 0. The molecule has 0 aromatic heterocycles. The number of aldehydes is 1. The van der Waals surface area contributed by atoms with Crippen molar-refractivity contribution in [1.82, 2.24) is 0 Å². The first-order chi connectivity index (χ1) is 9.36. The Morgan fingerprint density at radius 3 is 2.63 bits per heavy atom. The van der Waals surface area contributed by atoms with E-state index in [1.54, 1.807) is 0 Å². The topological polar surface area (TPSA) is 26.3 Å². The number of aryl methyl sites for hydroxylation is 2. The van der Waals surface area contributed by atoms with E-state index in [1.165, 1.54) is 11.1 Å². The fourth-order valence-electron chi connectivity index (χ4n) is 2.53. The Morgan fingerprint density at radius 2 is 1.84 bits per heavy atom. The second kappa shape index (κ2) is 5.37. The minimum atomic E-state index is -0.363. The van der Waals surface area contributed by atoms with Crippen molar-refractivity contribution in [3.05, 3.63) is 70.8 Å². The largest absolute Gasteiger partial charge is 0.361 e. The van der Waals surface area contributed by atoms with E-state index < -0.39 is 0 Å². The Hall–Kier alpha value is -1.93. The minimum absolute atomic E-state index is 0.363. The van der Waals surface area contributed by atoms with Gasteiger partial charge in [0.1, 0.15) is 6.10 Å².